The van der Waals surface area contributed by atoms with Crippen LogP contribution < -0.4 is 10.1 Å². The number of halogens is 1. The summed E-state index contributed by atoms with van der Waals surface area (Å²) in [5, 5.41) is 12.6. The molecule has 2 aromatic heterocycles. The molecule has 3 rings (SSSR count). The highest BCUT2D eigenvalue weighted by Crippen LogP contribution is 2.29. The van der Waals surface area contributed by atoms with Crippen LogP contribution in [-0.2, 0) is 23.2 Å². The van der Waals surface area contributed by atoms with E-state index in [9.17, 15) is 9.59 Å². The topological polar surface area (TPSA) is 95.3 Å². The molecule has 0 saturated heterocycles. The van der Waals surface area contributed by atoms with Crippen molar-refractivity contribution in [2.45, 2.75) is 32.5 Å². The minimum absolute atomic E-state index is 0.107. The predicted octanol–water partition coefficient (Wildman–Crippen LogP) is 4.63. The molecule has 1 N–H and O–H groups in total. The average molecular weight is 495 g/mol. The van der Waals surface area contributed by atoms with Crippen molar-refractivity contribution in [2.24, 2.45) is 7.05 Å². The van der Waals surface area contributed by atoms with Crippen LogP contribution in [0.15, 0.2) is 29.4 Å². The zero-order valence-electron chi connectivity index (χ0n) is 18.1. The molecule has 0 radical (unpaired) electrons. The minimum Gasteiger partial charge on any atom is -0.484 e. The second-order valence-corrected chi connectivity index (χ2v) is 9.44. The molecule has 8 nitrogen and oxygen atoms in total. The molecule has 0 fully saturated rings. The van der Waals surface area contributed by atoms with Gasteiger partial charge in [0.1, 0.15) is 17.4 Å². The molecule has 11 heteroatoms. The molecule has 0 saturated carbocycles. The third-order valence-corrected chi connectivity index (χ3v) is 6.60. The number of esters is 1. The van der Waals surface area contributed by atoms with Crippen molar-refractivity contribution in [3.8, 4) is 5.75 Å². The van der Waals surface area contributed by atoms with Crippen molar-refractivity contribution in [3.05, 3.63) is 51.1 Å². The Morgan fingerprint density at radius 2 is 2.03 bits per heavy atom. The first-order valence-corrected chi connectivity index (χ1v) is 11.9. The maximum Gasteiger partial charge on any atom is 0.341 e. The Morgan fingerprint density at radius 1 is 1.25 bits per heavy atom. The maximum absolute atomic E-state index is 12.5. The summed E-state index contributed by atoms with van der Waals surface area (Å²) < 4.78 is 12.6. The molecule has 3 aromatic rings. The standard InChI is InChI=1S/C21H23ClN4O4S2/c1-5-29-20(28)14-9-13(3)32-19(14)23-18(27)11-31-21-25-24-17(26(21)4)10-30-16-8-12(2)6-7-15(16)22/h6-9H,5,10-11H2,1-4H3,(H,23,27). The molecule has 0 atom stereocenters. The molecule has 0 aliphatic rings. The summed E-state index contributed by atoms with van der Waals surface area (Å²) in [5.74, 6) is 0.576. The van der Waals surface area contributed by atoms with Crippen LogP contribution in [0, 0.1) is 13.8 Å². The van der Waals surface area contributed by atoms with Crippen molar-refractivity contribution < 1.29 is 19.1 Å². The van der Waals surface area contributed by atoms with Crippen LogP contribution in [0.5, 0.6) is 5.75 Å². The zero-order chi connectivity index (χ0) is 23.3. The highest BCUT2D eigenvalue weighted by molar-refractivity contribution is 7.99. The normalized spacial score (nSPS) is 10.8. The van der Waals surface area contributed by atoms with Gasteiger partial charge in [-0.2, -0.15) is 0 Å². The van der Waals surface area contributed by atoms with Crippen LogP contribution in [-0.4, -0.2) is 39.0 Å². The fourth-order valence-electron chi connectivity index (χ4n) is 2.72. The van der Waals surface area contributed by atoms with Gasteiger partial charge in [-0.1, -0.05) is 29.4 Å². The lowest BCUT2D eigenvalue weighted by Gasteiger charge is -2.09. The quantitative estimate of drug-likeness (QED) is 0.342. The van der Waals surface area contributed by atoms with Crippen LogP contribution in [0.1, 0.15) is 33.5 Å². The number of carbonyl (C=O) groups is 2. The summed E-state index contributed by atoms with van der Waals surface area (Å²) >= 11 is 8.73. The number of ether oxygens (including phenoxy) is 2. The molecule has 1 amide bonds. The number of nitrogens with one attached hydrogen (secondary N) is 1. The number of thioether (sulfide) groups is 1. The van der Waals surface area contributed by atoms with Gasteiger partial charge in [0.25, 0.3) is 0 Å². The van der Waals surface area contributed by atoms with Crippen LogP contribution >= 0.6 is 34.7 Å². The van der Waals surface area contributed by atoms with Gasteiger partial charge in [-0.25, -0.2) is 4.79 Å². The third-order valence-electron chi connectivity index (χ3n) is 4.30. The van der Waals surface area contributed by atoms with E-state index in [4.69, 9.17) is 21.1 Å². The Morgan fingerprint density at radius 3 is 2.78 bits per heavy atom. The summed E-state index contributed by atoms with van der Waals surface area (Å²) in [6.07, 6.45) is 0. The van der Waals surface area contributed by atoms with E-state index in [-0.39, 0.29) is 24.9 Å². The molecule has 0 unspecified atom stereocenters. The Bertz CT molecular complexity index is 1130. The second-order valence-electron chi connectivity index (χ2n) is 6.84. The third kappa shape index (κ3) is 6.02. The number of aryl methyl sites for hydroxylation is 2. The number of anilines is 1. The predicted molar refractivity (Wildman–Crippen MR) is 126 cm³/mol. The number of benzene rings is 1. The highest BCUT2D eigenvalue weighted by atomic mass is 35.5. The summed E-state index contributed by atoms with van der Waals surface area (Å²) in [6.45, 7) is 6.02. The smallest absolute Gasteiger partial charge is 0.341 e. The Labute approximate surface area is 199 Å². The number of hydrogen-bond donors (Lipinski definition) is 1. The van der Waals surface area contributed by atoms with Gasteiger partial charge in [0, 0.05) is 11.9 Å². The van der Waals surface area contributed by atoms with Gasteiger partial charge in [-0.15, -0.1) is 21.5 Å². The van der Waals surface area contributed by atoms with E-state index < -0.39 is 5.97 Å². The van der Waals surface area contributed by atoms with Gasteiger partial charge in [0.2, 0.25) is 5.91 Å². The fourth-order valence-corrected chi connectivity index (χ4v) is 4.54. The van der Waals surface area contributed by atoms with Crippen molar-refractivity contribution in [1.82, 2.24) is 14.8 Å². The number of nitrogens with zero attached hydrogens (tertiary/aromatic N) is 3. The van der Waals surface area contributed by atoms with E-state index in [1.54, 1.807) is 30.7 Å². The lowest BCUT2D eigenvalue weighted by atomic mass is 10.2. The van der Waals surface area contributed by atoms with Gasteiger partial charge in [0.05, 0.1) is 22.9 Å². The Balaban J connectivity index is 1.58. The Hall–Kier alpha value is -2.56. The van der Waals surface area contributed by atoms with Crippen molar-refractivity contribution in [2.75, 3.05) is 17.7 Å². The molecule has 32 heavy (non-hydrogen) atoms. The monoisotopic (exact) mass is 494 g/mol. The van der Waals surface area contributed by atoms with E-state index in [1.165, 1.54) is 23.1 Å². The van der Waals surface area contributed by atoms with Crippen molar-refractivity contribution in [1.29, 1.82) is 0 Å². The molecule has 0 aliphatic carbocycles. The van der Waals surface area contributed by atoms with Crippen LogP contribution in [0.25, 0.3) is 0 Å². The molecule has 0 bridgehead atoms. The van der Waals surface area contributed by atoms with Gasteiger partial charge >= 0.3 is 5.97 Å². The SMILES string of the molecule is CCOC(=O)c1cc(C)sc1NC(=O)CSc1nnc(COc2cc(C)ccc2Cl)n1C. The molecule has 0 aliphatic heterocycles. The van der Waals surface area contributed by atoms with E-state index >= 15 is 0 Å². The molecule has 0 spiro atoms. The van der Waals surface area contributed by atoms with Crippen LogP contribution in [0.2, 0.25) is 5.02 Å². The first-order chi connectivity index (χ1) is 15.3. The summed E-state index contributed by atoms with van der Waals surface area (Å²) in [6, 6.07) is 7.26. The molecular weight excluding hydrogens is 472 g/mol. The van der Waals surface area contributed by atoms with Crippen molar-refractivity contribution in [3.63, 3.8) is 0 Å². The Kier molecular flexibility index (Phi) is 8.16. The maximum atomic E-state index is 12.5. The van der Waals surface area contributed by atoms with E-state index in [2.05, 4.69) is 15.5 Å². The number of thiophene rings is 1. The van der Waals surface area contributed by atoms with Crippen LogP contribution in [0.4, 0.5) is 5.00 Å². The van der Waals surface area contributed by atoms with E-state index in [1.807, 2.05) is 26.0 Å². The first-order valence-electron chi connectivity index (χ1n) is 9.76. The van der Waals surface area contributed by atoms with Gasteiger partial charge in [-0.3, -0.25) is 4.79 Å². The lowest BCUT2D eigenvalue weighted by Crippen LogP contribution is -2.16. The van der Waals surface area contributed by atoms with Crippen LogP contribution in [0.3, 0.4) is 0 Å². The first kappa shape index (κ1) is 24.1. The number of hydrogen-bond acceptors (Lipinski definition) is 8. The van der Waals surface area contributed by atoms with E-state index in [0.29, 0.717) is 32.3 Å². The van der Waals surface area contributed by atoms with Gasteiger partial charge in [-0.05, 0) is 44.5 Å². The second kappa shape index (κ2) is 10.8. The average Bonchev–Trinajstić information content (AvgIpc) is 3.29. The molecule has 170 valence electrons. The summed E-state index contributed by atoms with van der Waals surface area (Å²) in [7, 11) is 1.80. The largest absolute Gasteiger partial charge is 0.484 e. The fraction of sp³-hybridized carbons (Fsp3) is 0.333. The zero-order valence-corrected chi connectivity index (χ0v) is 20.5. The minimum atomic E-state index is -0.452. The number of rotatable bonds is 9. The summed E-state index contributed by atoms with van der Waals surface area (Å²) in [5.41, 5.74) is 1.40. The molecule has 1 aromatic carbocycles. The summed E-state index contributed by atoms with van der Waals surface area (Å²) in [4.78, 5) is 25.4. The van der Waals surface area contributed by atoms with Gasteiger partial charge in [0.15, 0.2) is 11.0 Å². The lowest BCUT2D eigenvalue weighted by molar-refractivity contribution is -0.113. The number of amides is 1. The highest BCUT2D eigenvalue weighted by Gasteiger charge is 2.19. The number of carbonyl (C=O) groups excluding carboxylic acids is 2. The molecular formula is C21H23ClN4O4S2. The van der Waals surface area contributed by atoms with Crippen molar-refractivity contribution >= 4 is 51.6 Å². The van der Waals surface area contributed by atoms with E-state index in [0.717, 1.165) is 10.4 Å². The number of aromatic nitrogens is 3. The molecule has 2 heterocycles. The van der Waals surface area contributed by atoms with Gasteiger partial charge < -0.3 is 19.4 Å².